The van der Waals surface area contributed by atoms with Gasteiger partial charge in [0, 0.05) is 24.9 Å². The molecule has 0 fully saturated rings. The second-order valence-corrected chi connectivity index (χ2v) is 6.51. The summed E-state index contributed by atoms with van der Waals surface area (Å²) in [6.07, 6.45) is -4.65. The zero-order chi connectivity index (χ0) is 20.1. The van der Waals surface area contributed by atoms with Crippen LogP contribution >= 0.6 is 0 Å². The smallest absolute Gasteiger partial charge is 0.383 e. The van der Waals surface area contributed by atoms with Gasteiger partial charge in [-0.25, -0.2) is 0 Å². The molecule has 1 spiro atoms. The van der Waals surface area contributed by atoms with E-state index in [1.165, 1.54) is 24.1 Å². The second kappa shape index (κ2) is 6.23. The number of alkyl halides is 3. The maximum absolute atomic E-state index is 13.5. The van der Waals surface area contributed by atoms with E-state index in [0.717, 1.165) is 6.07 Å². The Bertz CT molecular complexity index is 976. The van der Waals surface area contributed by atoms with E-state index >= 15 is 0 Å². The number of fused-ring (bicyclic) bond motifs is 3. The molecule has 2 N–H and O–H groups in total. The largest absolute Gasteiger partial charge is 0.418 e. The normalized spacial score (nSPS) is 20.6. The molecule has 4 rings (SSSR count). The molecule has 2 aromatic rings. The average Bonchev–Trinajstić information content (AvgIpc) is 2.93. The van der Waals surface area contributed by atoms with Gasteiger partial charge in [0.1, 0.15) is 0 Å². The van der Waals surface area contributed by atoms with Gasteiger partial charge in [0.05, 0.1) is 23.4 Å². The fourth-order valence-electron chi connectivity index (χ4n) is 3.73. The Morgan fingerprint density at radius 2 is 1.86 bits per heavy atom. The molecule has 0 saturated carbocycles. The van der Waals surface area contributed by atoms with Gasteiger partial charge < -0.3 is 20.3 Å². The highest BCUT2D eigenvalue weighted by Gasteiger charge is 2.57. The summed E-state index contributed by atoms with van der Waals surface area (Å²) in [4.78, 5) is 27.4. The molecule has 1 atom stereocenters. The highest BCUT2D eigenvalue weighted by atomic mass is 19.4. The maximum Gasteiger partial charge on any atom is 0.418 e. The molecule has 2 aliphatic heterocycles. The first-order chi connectivity index (χ1) is 13.3. The Morgan fingerprint density at radius 1 is 1.11 bits per heavy atom. The maximum atomic E-state index is 13.5. The Balaban J connectivity index is 1.95. The third-order valence-corrected chi connectivity index (χ3v) is 4.97. The zero-order valence-corrected chi connectivity index (χ0v) is 14.8. The van der Waals surface area contributed by atoms with Gasteiger partial charge in [0.2, 0.25) is 5.66 Å². The molecular weight excluding hydrogens is 375 g/mol. The van der Waals surface area contributed by atoms with Crippen LogP contribution in [-0.2, 0) is 21.4 Å². The van der Waals surface area contributed by atoms with Gasteiger partial charge in [-0.15, -0.1) is 0 Å². The fourth-order valence-corrected chi connectivity index (χ4v) is 3.73. The molecule has 0 radical (unpaired) electrons. The lowest BCUT2D eigenvalue weighted by Gasteiger charge is -2.44. The monoisotopic (exact) mass is 391 g/mol. The summed E-state index contributed by atoms with van der Waals surface area (Å²) >= 11 is 0. The first-order valence-electron chi connectivity index (χ1n) is 8.51. The zero-order valence-electron chi connectivity index (χ0n) is 14.8. The van der Waals surface area contributed by atoms with E-state index in [1.54, 1.807) is 24.3 Å². The molecule has 2 heterocycles. The van der Waals surface area contributed by atoms with Crippen molar-refractivity contribution in [3.8, 4) is 0 Å². The average molecular weight is 391 g/mol. The number of para-hydroxylation sites is 2. The van der Waals surface area contributed by atoms with E-state index in [-0.39, 0.29) is 24.4 Å². The van der Waals surface area contributed by atoms with Crippen LogP contribution in [0.5, 0.6) is 0 Å². The number of rotatable bonds is 3. The minimum Gasteiger partial charge on any atom is -0.383 e. The molecule has 28 heavy (non-hydrogen) atoms. The number of halogens is 3. The van der Waals surface area contributed by atoms with Crippen molar-refractivity contribution in [2.24, 2.45) is 0 Å². The predicted octanol–water partition coefficient (Wildman–Crippen LogP) is 3.02. The van der Waals surface area contributed by atoms with Gasteiger partial charge in [-0.05, 0) is 18.2 Å². The molecule has 2 amide bonds. The van der Waals surface area contributed by atoms with Crippen LogP contribution in [0.25, 0.3) is 0 Å². The fraction of sp³-hybridized carbons (Fsp3) is 0.263. The standard InChI is InChI=1S/C19H16F3N3O3/c1-28-10-9-25-16(26)11-5-2-3-8-14(11)24-18(25)12-6-4-7-13(19(20,21)22)15(12)23-17(18)27/h2-8,24H,9-10H2,1H3,(H,23,27). The van der Waals surface area contributed by atoms with E-state index in [2.05, 4.69) is 10.6 Å². The summed E-state index contributed by atoms with van der Waals surface area (Å²) < 4.78 is 45.5. The predicted molar refractivity (Wildman–Crippen MR) is 94.7 cm³/mol. The summed E-state index contributed by atoms with van der Waals surface area (Å²) in [6.45, 7) is 0.124. The van der Waals surface area contributed by atoms with E-state index in [1.807, 2.05) is 0 Å². The molecular formula is C19H16F3N3O3. The van der Waals surface area contributed by atoms with Gasteiger partial charge in [0.15, 0.2) is 0 Å². The van der Waals surface area contributed by atoms with E-state index < -0.39 is 29.2 Å². The number of methoxy groups -OCH3 is 1. The molecule has 2 aromatic carbocycles. The number of carbonyl (C=O) groups is 2. The lowest BCUT2D eigenvalue weighted by Crippen LogP contribution is -2.62. The van der Waals surface area contributed by atoms with Gasteiger partial charge in [-0.1, -0.05) is 24.3 Å². The van der Waals surface area contributed by atoms with Crippen LogP contribution in [0.2, 0.25) is 0 Å². The number of nitrogens with one attached hydrogen (secondary N) is 2. The molecule has 9 heteroatoms. The highest BCUT2D eigenvalue weighted by Crippen LogP contribution is 2.49. The summed E-state index contributed by atoms with van der Waals surface area (Å²) in [5.41, 5.74) is -2.34. The molecule has 146 valence electrons. The van der Waals surface area contributed by atoms with Crippen LogP contribution in [0.1, 0.15) is 21.5 Å². The van der Waals surface area contributed by atoms with E-state index in [0.29, 0.717) is 11.3 Å². The first kappa shape index (κ1) is 18.3. The second-order valence-electron chi connectivity index (χ2n) is 6.51. The van der Waals surface area contributed by atoms with Gasteiger partial charge >= 0.3 is 6.18 Å². The van der Waals surface area contributed by atoms with Gasteiger partial charge in [0.25, 0.3) is 11.8 Å². The van der Waals surface area contributed by atoms with Crippen LogP contribution in [0.3, 0.4) is 0 Å². The van der Waals surface area contributed by atoms with Crippen LogP contribution in [0.15, 0.2) is 42.5 Å². The number of benzene rings is 2. The minimum absolute atomic E-state index is 0.0137. The molecule has 2 aliphatic rings. The Kier molecular flexibility index (Phi) is 4.07. The third kappa shape index (κ3) is 2.46. The Labute approximate surface area is 158 Å². The van der Waals surface area contributed by atoms with Crippen LogP contribution in [-0.4, -0.2) is 37.0 Å². The number of nitrogens with zero attached hydrogens (tertiary/aromatic N) is 1. The van der Waals surface area contributed by atoms with Crippen molar-refractivity contribution in [1.29, 1.82) is 0 Å². The van der Waals surface area contributed by atoms with Crippen molar-refractivity contribution < 1.29 is 27.5 Å². The SMILES string of the molecule is COCCN1C(=O)c2ccccc2NC12C(=O)Nc1c(C(F)(F)F)cccc12. The number of ether oxygens (including phenoxy) is 1. The number of amides is 2. The van der Waals surface area contributed by atoms with Crippen molar-refractivity contribution >= 4 is 23.2 Å². The summed E-state index contributed by atoms with van der Waals surface area (Å²) in [7, 11) is 1.44. The molecule has 0 saturated heterocycles. The Morgan fingerprint density at radius 3 is 2.57 bits per heavy atom. The summed E-state index contributed by atoms with van der Waals surface area (Å²) in [5.74, 6) is -1.22. The Hall–Kier alpha value is -3.07. The van der Waals surface area contributed by atoms with Crippen molar-refractivity contribution in [2.45, 2.75) is 11.8 Å². The number of hydrogen-bond donors (Lipinski definition) is 2. The van der Waals surface area contributed by atoms with Gasteiger partial charge in [-0.3, -0.25) is 9.59 Å². The third-order valence-electron chi connectivity index (χ3n) is 4.97. The molecule has 0 bridgehead atoms. The minimum atomic E-state index is -4.65. The lowest BCUT2D eigenvalue weighted by atomic mass is 9.92. The quantitative estimate of drug-likeness (QED) is 0.844. The van der Waals surface area contributed by atoms with Crippen molar-refractivity contribution in [3.63, 3.8) is 0 Å². The van der Waals surface area contributed by atoms with Crippen molar-refractivity contribution in [3.05, 3.63) is 59.2 Å². The summed E-state index contributed by atoms with van der Waals surface area (Å²) in [5, 5.41) is 5.35. The number of carbonyl (C=O) groups excluding carboxylic acids is 2. The molecule has 0 aromatic heterocycles. The van der Waals surface area contributed by atoms with Crippen LogP contribution in [0.4, 0.5) is 24.5 Å². The topological polar surface area (TPSA) is 70.7 Å². The van der Waals surface area contributed by atoms with Crippen molar-refractivity contribution in [1.82, 2.24) is 4.90 Å². The van der Waals surface area contributed by atoms with E-state index in [4.69, 9.17) is 4.74 Å². The highest BCUT2D eigenvalue weighted by molar-refractivity contribution is 6.14. The lowest BCUT2D eigenvalue weighted by molar-refractivity contribution is -0.136. The van der Waals surface area contributed by atoms with Crippen LogP contribution in [0, 0.1) is 0 Å². The first-order valence-corrected chi connectivity index (χ1v) is 8.51. The number of anilines is 2. The van der Waals surface area contributed by atoms with Gasteiger partial charge in [-0.2, -0.15) is 13.2 Å². The summed E-state index contributed by atoms with van der Waals surface area (Å²) in [6, 6.07) is 10.1. The number of hydrogen-bond acceptors (Lipinski definition) is 4. The van der Waals surface area contributed by atoms with E-state index in [9.17, 15) is 22.8 Å². The molecule has 0 aliphatic carbocycles. The van der Waals surface area contributed by atoms with Crippen molar-refractivity contribution in [2.75, 3.05) is 30.9 Å². The molecule has 1 unspecified atom stereocenters. The van der Waals surface area contributed by atoms with Crippen LogP contribution < -0.4 is 10.6 Å². The molecule has 6 nitrogen and oxygen atoms in total.